The number of hydrogen-bond donors (Lipinski definition) is 6. The van der Waals surface area contributed by atoms with Gasteiger partial charge in [-0.2, -0.15) is 0 Å². The molecule has 1 aliphatic heterocycles. The summed E-state index contributed by atoms with van der Waals surface area (Å²) in [4.78, 5) is 0. The van der Waals surface area contributed by atoms with Gasteiger partial charge in [0.25, 0.3) is 0 Å². The molecule has 0 radical (unpaired) electrons. The van der Waals surface area contributed by atoms with Crippen LogP contribution in [0.4, 0.5) is 0 Å². The lowest BCUT2D eigenvalue weighted by molar-refractivity contribution is -0.203. The third kappa shape index (κ3) is 5.21. The fourth-order valence-electron chi connectivity index (χ4n) is 10.6. The molecule has 0 amide bonds. The smallest absolute Gasteiger partial charge is 0.186 e. The van der Waals surface area contributed by atoms with Gasteiger partial charge in [-0.25, -0.2) is 0 Å². The van der Waals surface area contributed by atoms with Crippen LogP contribution in [0, 0.1) is 52.3 Å². The molecule has 0 aromatic carbocycles. The molecule has 6 N–H and O–H groups in total. The molecule has 8 nitrogen and oxygen atoms in total. The number of aliphatic hydroxyl groups excluding tert-OH is 6. The van der Waals surface area contributed by atoms with Crippen LogP contribution in [-0.2, 0) is 9.47 Å². The molecule has 40 heavy (non-hydrogen) atoms. The van der Waals surface area contributed by atoms with Gasteiger partial charge in [0.2, 0.25) is 0 Å². The molecule has 4 aliphatic carbocycles. The molecule has 5 aliphatic rings. The van der Waals surface area contributed by atoms with Gasteiger partial charge in [-0.15, -0.1) is 0 Å². The van der Waals surface area contributed by atoms with E-state index in [0.29, 0.717) is 30.1 Å². The predicted octanol–water partition coefficient (Wildman–Crippen LogP) is 2.84. The van der Waals surface area contributed by atoms with Crippen molar-refractivity contribution in [3.8, 4) is 0 Å². The average molecular weight is 569 g/mol. The Balaban J connectivity index is 1.26. The topological polar surface area (TPSA) is 140 Å². The molecular formula is C32H56O8. The van der Waals surface area contributed by atoms with E-state index in [1.165, 1.54) is 0 Å². The van der Waals surface area contributed by atoms with E-state index >= 15 is 0 Å². The summed E-state index contributed by atoms with van der Waals surface area (Å²) in [5, 5.41) is 63.2. The summed E-state index contributed by atoms with van der Waals surface area (Å²) in [6.45, 7) is 10.9. The minimum absolute atomic E-state index is 0.0223. The average Bonchev–Trinajstić information content (AvgIpc) is 3.34. The van der Waals surface area contributed by atoms with Gasteiger partial charge < -0.3 is 40.1 Å². The molecule has 5 rings (SSSR count). The Morgan fingerprint density at radius 3 is 2.17 bits per heavy atom. The highest BCUT2D eigenvalue weighted by molar-refractivity contribution is 5.13. The second-order valence-electron chi connectivity index (χ2n) is 15.3. The number of rotatable bonds is 8. The zero-order valence-corrected chi connectivity index (χ0v) is 25.2. The molecule has 0 spiro atoms. The van der Waals surface area contributed by atoms with Crippen LogP contribution < -0.4 is 0 Å². The van der Waals surface area contributed by atoms with E-state index in [1.54, 1.807) is 0 Å². The van der Waals surface area contributed by atoms with Crippen molar-refractivity contribution in [2.45, 2.75) is 141 Å². The maximum absolute atomic E-state index is 11.6. The molecule has 0 bridgehead atoms. The summed E-state index contributed by atoms with van der Waals surface area (Å²) >= 11 is 0. The van der Waals surface area contributed by atoms with E-state index in [-0.39, 0.29) is 53.5 Å². The number of hydrogen-bond acceptors (Lipinski definition) is 8. The number of fused-ring (bicyclic) bond motifs is 5. The first kappa shape index (κ1) is 31.1. The molecule has 1 saturated heterocycles. The summed E-state index contributed by atoms with van der Waals surface area (Å²) in [5.41, 5.74) is 0.0537. The lowest BCUT2D eigenvalue weighted by atomic mass is 9.43. The van der Waals surface area contributed by atoms with E-state index in [2.05, 4.69) is 34.6 Å². The number of ether oxygens (including phenoxy) is 2. The van der Waals surface area contributed by atoms with Gasteiger partial charge in [0.05, 0.1) is 31.0 Å². The van der Waals surface area contributed by atoms with Gasteiger partial charge >= 0.3 is 0 Å². The van der Waals surface area contributed by atoms with Crippen molar-refractivity contribution in [2.24, 2.45) is 52.3 Å². The maximum Gasteiger partial charge on any atom is 0.186 e. The summed E-state index contributed by atoms with van der Waals surface area (Å²) in [7, 11) is 0. The molecule has 0 aromatic heterocycles. The first-order valence-corrected chi connectivity index (χ1v) is 16.1. The van der Waals surface area contributed by atoms with Crippen LogP contribution in [0.25, 0.3) is 0 Å². The normalized spacial score (nSPS) is 52.2. The second kappa shape index (κ2) is 11.6. The monoisotopic (exact) mass is 568 g/mol. The molecule has 8 heteroatoms. The number of aliphatic hydroxyl groups is 6. The Labute approximate surface area is 240 Å². The zero-order valence-electron chi connectivity index (χ0n) is 25.2. The Bertz CT molecular complexity index is 870. The Kier molecular flexibility index (Phi) is 9.06. The minimum atomic E-state index is -1.18. The fraction of sp³-hybridized carbons (Fsp3) is 1.00. The van der Waals surface area contributed by atoms with E-state index in [0.717, 1.165) is 51.4 Å². The molecule has 5 unspecified atom stereocenters. The van der Waals surface area contributed by atoms with Gasteiger partial charge in [0.15, 0.2) is 6.29 Å². The second-order valence-corrected chi connectivity index (χ2v) is 15.3. The van der Waals surface area contributed by atoms with Gasteiger partial charge in [-0.1, -0.05) is 34.6 Å². The Morgan fingerprint density at radius 1 is 0.825 bits per heavy atom. The lowest BCUT2D eigenvalue weighted by Gasteiger charge is -2.62. The van der Waals surface area contributed by atoms with Crippen molar-refractivity contribution >= 4 is 0 Å². The quantitative estimate of drug-likeness (QED) is 0.263. The van der Waals surface area contributed by atoms with Gasteiger partial charge in [-0.3, -0.25) is 0 Å². The molecule has 16 atom stereocenters. The Hall–Kier alpha value is -0.320. The standard InChI is InChI=1S/C32H56O8/c1-16(2)25(39-30-29(38)28(37)26(15-33)40-30)7-6-17(3)21-14-24(36)27-19-13-23(35)22-12-18(34)8-10-31(22,4)20(19)9-11-32(21,27)5/h16-30,33-38H,6-15H2,1-5H3/t17-,18+,19-,20?,21?,22?,23+,24-,25?,26-,27?,28-,29+,30-,31-,32-/m1/s1. The molecule has 0 aromatic rings. The van der Waals surface area contributed by atoms with Crippen molar-refractivity contribution < 1.29 is 40.1 Å². The summed E-state index contributed by atoms with van der Waals surface area (Å²) in [5.74, 6) is 2.09. The summed E-state index contributed by atoms with van der Waals surface area (Å²) in [6.07, 6.45) is 2.57. The van der Waals surface area contributed by atoms with E-state index in [4.69, 9.17) is 9.47 Å². The zero-order chi connectivity index (χ0) is 29.1. The van der Waals surface area contributed by atoms with Crippen molar-refractivity contribution in [1.29, 1.82) is 0 Å². The van der Waals surface area contributed by atoms with Gasteiger partial charge in [0.1, 0.15) is 18.3 Å². The van der Waals surface area contributed by atoms with Gasteiger partial charge in [0, 0.05) is 0 Å². The first-order chi connectivity index (χ1) is 18.8. The summed E-state index contributed by atoms with van der Waals surface area (Å²) in [6, 6.07) is 0. The fourth-order valence-corrected chi connectivity index (χ4v) is 10.6. The highest BCUT2D eigenvalue weighted by Crippen LogP contribution is 2.68. The molecule has 4 saturated carbocycles. The van der Waals surface area contributed by atoms with E-state index < -0.39 is 30.7 Å². The SMILES string of the molecule is CC(C)C(CC[C@@H](C)C1C[C@@H](O)C2[C@@H]3C[C@H](O)C4C[C@@H](O)CC[C@]4(C)C3CC[C@]12C)O[C@@H]1O[C@H](CO)[C@@H](O)[C@@H]1O. The minimum Gasteiger partial charge on any atom is -0.394 e. The van der Waals surface area contributed by atoms with Crippen LogP contribution >= 0.6 is 0 Å². The predicted molar refractivity (Wildman–Crippen MR) is 150 cm³/mol. The highest BCUT2D eigenvalue weighted by Gasteiger charge is 2.64. The van der Waals surface area contributed by atoms with Crippen molar-refractivity contribution in [3.05, 3.63) is 0 Å². The van der Waals surface area contributed by atoms with Crippen LogP contribution in [0.1, 0.15) is 92.4 Å². The van der Waals surface area contributed by atoms with E-state index in [1.807, 2.05) is 0 Å². The van der Waals surface area contributed by atoms with Crippen LogP contribution in [0.15, 0.2) is 0 Å². The first-order valence-electron chi connectivity index (χ1n) is 16.1. The third-order valence-corrected chi connectivity index (χ3v) is 12.8. The van der Waals surface area contributed by atoms with Crippen LogP contribution in [0.2, 0.25) is 0 Å². The van der Waals surface area contributed by atoms with Crippen LogP contribution in [0.3, 0.4) is 0 Å². The summed E-state index contributed by atoms with van der Waals surface area (Å²) < 4.78 is 11.8. The largest absolute Gasteiger partial charge is 0.394 e. The van der Waals surface area contributed by atoms with Gasteiger partial charge in [-0.05, 0) is 110 Å². The third-order valence-electron chi connectivity index (χ3n) is 12.8. The van der Waals surface area contributed by atoms with Crippen molar-refractivity contribution in [3.63, 3.8) is 0 Å². The molecule has 1 heterocycles. The molecular weight excluding hydrogens is 512 g/mol. The van der Waals surface area contributed by atoms with Crippen LogP contribution in [0.5, 0.6) is 0 Å². The van der Waals surface area contributed by atoms with E-state index in [9.17, 15) is 30.6 Å². The molecule has 232 valence electrons. The maximum atomic E-state index is 11.6. The van der Waals surface area contributed by atoms with Crippen LogP contribution in [-0.4, -0.2) is 86.3 Å². The van der Waals surface area contributed by atoms with Crippen molar-refractivity contribution in [1.82, 2.24) is 0 Å². The highest BCUT2D eigenvalue weighted by atomic mass is 16.7. The van der Waals surface area contributed by atoms with Crippen molar-refractivity contribution in [2.75, 3.05) is 6.61 Å². The Morgan fingerprint density at radius 2 is 1.52 bits per heavy atom. The lowest BCUT2D eigenvalue weighted by Crippen LogP contribution is -2.59. The molecule has 5 fully saturated rings.